The molecule has 2 N–H and O–H groups in total. The largest absolute Gasteiger partial charge is 0.370 e. The van der Waals surface area contributed by atoms with Crippen molar-refractivity contribution in [2.75, 3.05) is 11.9 Å². The van der Waals surface area contributed by atoms with E-state index in [9.17, 15) is 8.42 Å². The van der Waals surface area contributed by atoms with E-state index in [4.69, 9.17) is 0 Å². The quantitative estimate of drug-likeness (QED) is 0.849. The van der Waals surface area contributed by atoms with Crippen molar-refractivity contribution in [1.82, 2.24) is 14.7 Å². The van der Waals surface area contributed by atoms with Crippen molar-refractivity contribution in [2.45, 2.75) is 25.3 Å². The average molecular weight is 312 g/mol. The second kappa shape index (κ2) is 6.29. The number of nitrogens with one attached hydrogen (secondary N) is 2. The summed E-state index contributed by atoms with van der Waals surface area (Å²) >= 11 is 1.49. The first kappa shape index (κ1) is 14.9. The summed E-state index contributed by atoms with van der Waals surface area (Å²) in [6, 6.07) is 2.98. The lowest BCUT2D eigenvalue weighted by Gasteiger charge is -2.07. The van der Waals surface area contributed by atoms with Crippen LogP contribution in [0.15, 0.2) is 28.6 Å². The molecule has 0 amide bonds. The molecule has 0 aromatic carbocycles. The Labute approximate surface area is 122 Å². The maximum atomic E-state index is 12.2. The zero-order valence-corrected chi connectivity index (χ0v) is 12.9. The molecule has 0 fully saturated rings. The van der Waals surface area contributed by atoms with Gasteiger partial charge in [-0.05, 0) is 19.9 Å². The Balaban J connectivity index is 2.11. The number of rotatable bonds is 6. The minimum atomic E-state index is -3.56. The molecule has 0 saturated carbocycles. The summed E-state index contributed by atoms with van der Waals surface area (Å²) in [5, 5.41) is 5.74. The summed E-state index contributed by atoms with van der Waals surface area (Å²) in [7, 11) is -3.56. The summed E-state index contributed by atoms with van der Waals surface area (Å²) in [5.74, 6) is 0.542. The van der Waals surface area contributed by atoms with E-state index < -0.39 is 10.0 Å². The van der Waals surface area contributed by atoms with E-state index in [0.29, 0.717) is 12.4 Å². The van der Waals surface area contributed by atoms with Crippen molar-refractivity contribution in [3.63, 3.8) is 0 Å². The van der Waals surface area contributed by atoms with Crippen molar-refractivity contribution in [3.8, 4) is 0 Å². The molecule has 2 rings (SSSR count). The Morgan fingerprint density at radius 3 is 2.85 bits per heavy atom. The molecule has 0 saturated heterocycles. The highest BCUT2D eigenvalue weighted by Gasteiger charge is 2.15. The van der Waals surface area contributed by atoms with Crippen molar-refractivity contribution >= 4 is 27.2 Å². The highest BCUT2D eigenvalue weighted by Crippen LogP contribution is 2.14. The SMILES string of the molecule is CCNc1cc(S(=O)(=O)NCc2csc(C)n2)ccn1. The van der Waals surface area contributed by atoms with Gasteiger partial charge in [0, 0.05) is 24.2 Å². The highest BCUT2D eigenvalue weighted by molar-refractivity contribution is 7.89. The number of thiazole rings is 1. The molecule has 2 aromatic heterocycles. The number of pyridine rings is 1. The van der Waals surface area contributed by atoms with Crippen molar-refractivity contribution in [1.29, 1.82) is 0 Å². The Hall–Kier alpha value is -1.51. The van der Waals surface area contributed by atoms with E-state index in [-0.39, 0.29) is 11.4 Å². The van der Waals surface area contributed by atoms with Gasteiger partial charge in [-0.1, -0.05) is 0 Å². The zero-order valence-electron chi connectivity index (χ0n) is 11.3. The molecule has 0 atom stereocenters. The Morgan fingerprint density at radius 1 is 1.40 bits per heavy atom. The maximum absolute atomic E-state index is 12.2. The molecule has 0 spiro atoms. The molecule has 0 aliphatic rings. The molecule has 108 valence electrons. The Bertz CT molecular complexity index is 682. The summed E-state index contributed by atoms with van der Waals surface area (Å²) in [5.41, 5.74) is 0.719. The molecule has 8 heteroatoms. The molecule has 0 bridgehead atoms. The van der Waals surface area contributed by atoms with Gasteiger partial charge in [0.25, 0.3) is 0 Å². The molecule has 20 heavy (non-hydrogen) atoms. The van der Waals surface area contributed by atoms with Gasteiger partial charge in [0.05, 0.1) is 22.1 Å². The third-order valence-corrected chi connectivity index (χ3v) is 4.73. The van der Waals surface area contributed by atoms with Gasteiger partial charge in [0.1, 0.15) is 5.82 Å². The first-order valence-electron chi connectivity index (χ1n) is 6.12. The van der Waals surface area contributed by atoms with Gasteiger partial charge in [-0.15, -0.1) is 11.3 Å². The van der Waals surface area contributed by atoms with Crippen LogP contribution in [0.3, 0.4) is 0 Å². The first-order valence-corrected chi connectivity index (χ1v) is 8.48. The van der Waals surface area contributed by atoms with Crippen molar-refractivity contribution in [3.05, 3.63) is 34.4 Å². The van der Waals surface area contributed by atoms with Crippen LogP contribution in [0, 0.1) is 6.92 Å². The third kappa shape index (κ3) is 3.75. The summed E-state index contributed by atoms with van der Waals surface area (Å²) in [4.78, 5) is 8.46. The van der Waals surface area contributed by atoms with Crippen LogP contribution in [-0.4, -0.2) is 24.9 Å². The molecule has 2 aromatic rings. The van der Waals surface area contributed by atoms with Gasteiger partial charge in [-0.3, -0.25) is 0 Å². The molecular formula is C12H16N4O2S2. The van der Waals surface area contributed by atoms with E-state index in [1.54, 1.807) is 0 Å². The summed E-state index contributed by atoms with van der Waals surface area (Å²) in [6.45, 7) is 4.67. The monoisotopic (exact) mass is 312 g/mol. The Kier molecular flexibility index (Phi) is 4.69. The number of sulfonamides is 1. The fourth-order valence-corrected chi connectivity index (χ4v) is 3.22. The van der Waals surface area contributed by atoms with Crippen LogP contribution >= 0.6 is 11.3 Å². The van der Waals surface area contributed by atoms with Crippen molar-refractivity contribution < 1.29 is 8.42 Å². The van der Waals surface area contributed by atoms with Gasteiger partial charge >= 0.3 is 0 Å². The topological polar surface area (TPSA) is 84.0 Å². The van der Waals surface area contributed by atoms with Crippen LogP contribution in [0.1, 0.15) is 17.6 Å². The van der Waals surface area contributed by atoms with Crippen LogP contribution in [0.2, 0.25) is 0 Å². The smallest absolute Gasteiger partial charge is 0.241 e. The van der Waals surface area contributed by atoms with Gasteiger partial charge < -0.3 is 5.32 Å². The van der Waals surface area contributed by atoms with Crippen LogP contribution in [0.25, 0.3) is 0 Å². The van der Waals surface area contributed by atoms with Gasteiger partial charge in [-0.2, -0.15) is 0 Å². The second-order valence-corrected chi connectivity index (χ2v) is 6.92. The number of hydrogen-bond donors (Lipinski definition) is 2. The predicted octanol–water partition coefficient (Wildman–Crippen LogP) is 1.76. The minimum absolute atomic E-state index is 0.186. The normalized spacial score (nSPS) is 11.5. The van der Waals surface area contributed by atoms with E-state index in [1.165, 1.54) is 29.7 Å². The van der Waals surface area contributed by atoms with E-state index in [2.05, 4.69) is 20.0 Å². The number of hydrogen-bond acceptors (Lipinski definition) is 6. The van der Waals surface area contributed by atoms with E-state index >= 15 is 0 Å². The summed E-state index contributed by atoms with van der Waals surface area (Å²) in [6.07, 6.45) is 1.47. The fraction of sp³-hybridized carbons (Fsp3) is 0.333. The van der Waals surface area contributed by atoms with Gasteiger partial charge in [-0.25, -0.2) is 23.1 Å². The van der Waals surface area contributed by atoms with Crippen LogP contribution < -0.4 is 10.0 Å². The lowest BCUT2D eigenvalue weighted by atomic mass is 10.4. The third-order valence-electron chi connectivity index (χ3n) is 2.51. The minimum Gasteiger partial charge on any atom is -0.370 e. The molecular weight excluding hydrogens is 296 g/mol. The zero-order chi connectivity index (χ0) is 14.6. The molecule has 2 heterocycles. The second-order valence-electron chi connectivity index (χ2n) is 4.09. The maximum Gasteiger partial charge on any atom is 0.241 e. The van der Waals surface area contributed by atoms with E-state index in [0.717, 1.165) is 10.7 Å². The molecule has 0 radical (unpaired) electrons. The lowest BCUT2D eigenvalue weighted by Crippen LogP contribution is -2.23. The van der Waals surface area contributed by atoms with Gasteiger partial charge in [0.15, 0.2) is 0 Å². The number of nitrogens with zero attached hydrogens (tertiary/aromatic N) is 2. The fourth-order valence-electron chi connectivity index (χ4n) is 1.60. The lowest BCUT2D eigenvalue weighted by molar-refractivity contribution is 0.580. The Morgan fingerprint density at radius 2 is 2.20 bits per heavy atom. The number of anilines is 1. The standard InChI is InChI=1S/C12H16N4O2S2/c1-3-13-12-6-11(4-5-14-12)20(17,18)15-7-10-8-19-9(2)16-10/h4-6,8,15H,3,7H2,1-2H3,(H,13,14). The summed E-state index contributed by atoms with van der Waals surface area (Å²) < 4.78 is 26.9. The molecule has 6 nitrogen and oxygen atoms in total. The molecule has 0 aliphatic heterocycles. The molecule has 0 unspecified atom stereocenters. The van der Waals surface area contributed by atoms with E-state index in [1.807, 2.05) is 19.2 Å². The van der Waals surface area contributed by atoms with Crippen LogP contribution in [0.4, 0.5) is 5.82 Å². The van der Waals surface area contributed by atoms with Gasteiger partial charge in [0.2, 0.25) is 10.0 Å². The predicted molar refractivity (Wildman–Crippen MR) is 79.3 cm³/mol. The number of aromatic nitrogens is 2. The first-order chi connectivity index (χ1) is 9.51. The van der Waals surface area contributed by atoms with Crippen LogP contribution in [-0.2, 0) is 16.6 Å². The number of aryl methyl sites for hydroxylation is 1. The molecule has 0 aliphatic carbocycles. The highest BCUT2D eigenvalue weighted by atomic mass is 32.2. The van der Waals surface area contributed by atoms with Crippen molar-refractivity contribution in [2.24, 2.45) is 0 Å². The van der Waals surface area contributed by atoms with Crippen LogP contribution in [0.5, 0.6) is 0 Å². The average Bonchev–Trinajstić information content (AvgIpc) is 2.83.